The number of urea groups is 1. The van der Waals surface area contributed by atoms with Gasteiger partial charge in [-0.2, -0.15) is 11.8 Å². The van der Waals surface area contributed by atoms with Crippen LogP contribution in [0.15, 0.2) is 103 Å². The first-order valence-electron chi connectivity index (χ1n) is 12.4. The molecule has 0 bridgehead atoms. The van der Waals surface area contributed by atoms with Gasteiger partial charge in [0, 0.05) is 17.1 Å². The van der Waals surface area contributed by atoms with Gasteiger partial charge in [-0.05, 0) is 46.5 Å². The number of nitrogens with one attached hydrogen (secondary N) is 1. The second kappa shape index (κ2) is 14.0. The number of hydrogen-bond acceptors (Lipinski definition) is 4. The maximum absolute atomic E-state index is 13.6. The molecule has 6 nitrogen and oxygen atoms in total. The molecule has 0 radical (unpaired) electrons. The van der Waals surface area contributed by atoms with Gasteiger partial charge >= 0.3 is 12.0 Å². The van der Waals surface area contributed by atoms with E-state index < -0.39 is 23.9 Å². The quantitative estimate of drug-likeness (QED) is 0.200. The average molecular weight is 594 g/mol. The standard InChI is InChI=1S/C31H26Cl2N2O4S/c32-26-16-11-22(17-27(26)33)18-35(29(36)25-14-12-24(13-15-25)23-9-5-2-6-10-23)31(39)34-28(30(37)38)20-40-19-21-7-3-1-4-8-21/h1-17,28H,18-20H2,(H,34,39)(H,37,38)/t28-/m0/s1. The van der Waals surface area contributed by atoms with Crippen molar-refractivity contribution in [2.45, 2.75) is 18.3 Å². The van der Waals surface area contributed by atoms with Crippen molar-refractivity contribution >= 4 is 52.9 Å². The van der Waals surface area contributed by atoms with Crippen molar-refractivity contribution in [1.82, 2.24) is 10.2 Å². The molecule has 0 aliphatic rings. The van der Waals surface area contributed by atoms with Crippen LogP contribution in [0.4, 0.5) is 4.79 Å². The van der Waals surface area contributed by atoms with Crippen LogP contribution < -0.4 is 5.32 Å². The molecular weight excluding hydrogens is 567 g/mol. The minimum atomic E-state index is -1.20. The van der Waals surface area contributed by atoms with E-state index in [2.05, 4.69) is 5.32 Å². The summed E-state index contributed by atoms with van der Waals surface area (Å²) in [5, 5.41) is 12.9. The third-order valence-corrected chi connectivity index (χ3v) is 7.89. The monoisotopic (exact) mass is 592 g/mol. The summed E-state index contributed by atoms with van der Waals surface area (Å²) in [4.78, 5) is 40.0. The fraction of sp³-hybridized carbons (Fsp3) is 0.129. The first-order valence-corrected chi connectivity index (χ1v) is 14.3. The molecule has 1 atom stereocenters. The van der Waals surface area contributed by atoms with Gasteiger partial charge in [0.15, 0.2) is 0 Å². The van der Waals surface area contributed by atoms with Gasteiger partial charge in [0.2, 0.25) is 0 Å². The Morgan fingerprint density at radius 3 is 2.02 bits per heavy atom. The van der Waals surface area contributed by atoms with Crippen molar-refractivity contribution in [3.8, 4) is 11.1 Å². The molecule has 0 aliphatic carbocycles. The number of nitrogens with zero attached hydrogens (tertiary/aromatic N) is 1. The maximum Gasteiger partial charge on any atom is 0.327 e. The highest BCUT2D eigenvalue weighted by molar-refractivity contribution is 7.98. The van der Waals surface area contributed by atoms with Gasteiger partial charge in [-0.3, -0.25) is 9.69 Å². The molecule has 204 valence electrons. The summed E-state index contributed by atoms with van der Waals surface area (Å²) < 4.78 is 0. The van der Waals surface area contributed by atoms with Crippen LogP contribution in [0, 0.1) is 0 Å². The number of carboxylic acid groups (broad SMARTS) is 1. The Kier molecular flexibility index (Phi) is 10.2. The van der Waals surface area contributed by atoms with Gasteiger partial charge in [0.05, 0.1) is 16.6 Å². The molecule has 4 aromatic rings. The number of amides is 3. The SMILES string of the molecule is O=C(O)[C@H](CSCc1ccccc1)NC(=O)N(Cc1ccc(Cl)c(Cl)c1)C(=O)c1ccc(-c2ccccc2)cc1. The van der Waals surface area contributed by atoms with E-state index in [9.17, 15) is 19.5 Å². The van der Waals surface area contributed by atoms with E-state index in [0.29, 0.717) is 16.3 Å². The third-order valence-electron chi connectivity index (χ3n) is 6.05. The molecule has 0 aromatic heterocycles. The number of imide groups is 1. The number of hydrogen-bond donors (Lipinski definition) is 2. The van der Waals surface area contributed by atoms with Crippen LogP contribution in [0.3, 0.4) is 0 Å². The first-order chi connectivity index (χ1) is 19.3. The molecule has 40 heavy (non-hydrogen) atoms. The lowest BCUT2D eigenvalue weighted by molar-refractivity contribution is -0.138. The molecule has 0 spiro atoms. The molecule has 0 saturated heterocycles. The van der Waals surface area contributed by atoms with Gasteiger partial charge in [-0.1, -0.05) is 102 Å². The van der Waals surface area contributed by atoms with E-state index in [1.807, 2.05) is 60.7 Å². The maximum atomic E-state index is 13.6. The van der Waals surface area contributed by atoms with Gasteiger partial charge in [0.25, 0.3) is 5.91 Å². The van der Waals surface area contributed by atoms with Gasteiger partial charge < -0.3 is 10.4 Å². The number of aliphatic carboxylic acids is 1. The number of benzene rings is 4. The highest BCUT2D eigenvalue weighted by Crippen LogP contribution is 2.25. The predicted molar refractivity (Wildman–Crippen MR) is 161 cm³/mol. The summed E-state index contributed by atoms with van der Waals surface area (Å²) in [5.41, 5.74) is 3.78. The fourth-order valence-electron chi connectivity index (χ4n) is 3.92. The lowest BCUT2D eigenvalue weighted by Gasteiger charge is -2.24. The summed E-state index contributed by atoms with van der Waals surface area (Å²) in [7, 11) is 0. The van der Waals surface area contributed by atoms with Gasteiger partial charge in [-0.15, -0.1) is 0 Å². The van der Waals surface area contributed by atoms with Gasteiger partial charge in [-0.25, -0.2) is 9.59 Å². The van der Waals surface area contributed by atoms with Crippen LogP contribution in [-0.4, -0.2) is 39.7 Å². The van der Waals surface area contributed by atoms with Crippen molar-refractivity contribution in [3.63, 3.8) is 0 Å². The van der Waals surface area contributed by atoms with E-state index >= 15 is 0 Å². The minimum absolute atomic E-state index is 0.122. The molecule has 0 aliphatic heterocycles. The lowest BCUT2D eigenvalue weighted by atomic mass is 10.0. The second-order valence-electron chi connectivity index (χ2n) is 8.92. The van der Waals surface area contributed by atoms with E-state index in [-0.39, 0.29) is 22.9 Å². The largest absolute Gasteiger partial charge is 0.480 e. The van der Waals surface area contributed by atoms with Crippen molar-refractivity contribution < 1.29 is 19.5 Å². The second-order valence-corrected chi connectivity index (χ2v) is 10.8. The number of rotatable bonds is 10. The first kappa shape index (κ1) is 29.2. The third kappa shape index (κ3) is 7.88. The number of carbonyl (C=O) groups is 3. The average Bonchev–Trinajstić information content (AvgIpc) is 2.97. The molecule has 0 heterocycles. The highest BCUT2D eigenvalue weighted by atomic mass is 35.5. The summed E-state index contributed by atoms with van der Waals surface area (Å²) in [5.74, 6) is -1.07. The van der Waals surface area contributed by atoms with Crippen LogP contribution >= 0.6 is 35.0 Å². The molecule has 3 amide bonds. The summed E-state index contributed by atoms with van der Waals surface area (Å²) in [6, 6.07) is 29.0. The fourth-order valence-corrected chi connectivity index (χ4v) is 5.25. The molecular formula is C31H26Cl2N2O4S. The van der Waals surface area contributed by atoms with Crippen molar-refractivity contribution in [2.75, 3.05) is 5.75 Å². The number of thioether (sulfide) groups is 1. The Morgan fingerprint density at radius 1 is 0.775 bits per heavy atom. The lowest BCUT2D eigenvalue weighted by Crippen LogP contribution is -2.50. The number of carbonyl (C=O) groups excluding carboxylic acids is 2. The molecule has 0 saturated carbocycles. The summed E-state index contributed by atoms with van der Waals surface area (Å²) in [6.45, 7) is -0.133. The molecule has 4 aromatic carbocycles. The molecule has 4 rings (SSSR count). The molecule has 9 heteroatoms. The van der Waals surface area contributed by atoms with E-state index in [4.69, 9.17) is 23.2 Å². The van der Waals surface area contributed by atoms with Crippen LogP contribution in [0.2, 0.25) is 10.0 Å². The van der Waals surface area contributed by atoms with Crippen molar-refractivity contribution in [2.24, 2.45) is 0 Å². The minimum Gasteiger partial charge on any atom is -0.480 e. The summed E-state index contributed by atoms with van der Waals surface area (Å²) in [6.07, 6.45) is 0. The zero-order chi connectivity index (χ0) is 28.5. The summed E-state index contributed by atoms with van der Waals surface area (Å²) >= 11 is 13.6. The Morgan fingerprint density at radius 2 is 1.40 bits per heavy atom. The Labute approximate surface area is 246 Å². The number of carboxylic acids is 1. The normalized spacial score (nSPS) is 11.4. The Bertz CT molecular complexity index is 1470. The van der Waals surface area contributed by atoms with E-state index in [1.165, 1.54) is 11.8 Å². The van der Waals surface area contributed by atoms with Crippen LogP contribution in [-0.2, 0) is 17.1 Å². The predicted octanol–water partition coefficient (Wildman–Crippen LogP) is 7.40. The Hall–Kier alpha value is -3.78. The van der Waals surface area contributed by atoms with E-state index in [1.54, 1.807) is 42.5 Å². The Balaban J connectivity index is 1.53. The zero-order valence-corrected chi connectivity index (χ0v) is 23.6. The van der Waals surface area contributed by atoms with Crippen LogP contribution in [0.25, 0.3) is 11.1 Å². The topological polar surface area (TPSA) is 86.7 Å². The highest BCUT2D eigenvalue weighted by Gasteiger charge is 2.28. The van der Waals surface area contributed by atoms with Crippen LogP contribution in [0.5, 0.6) is 0 Å². The number of halogens is 2. The van der Waals surface area contributed by atoms with Crippen molar-refractivity contribution in [3.05, 3.63) is 130 Å². The van der Waals surface area contributed by atoms with Crippen LogP contribution in [0.1, 0.15) is 21.5 Å². The molecule has 0 unspecified atom stereocenters. The zero-order valence-electron chi connectivity index (χ0n) is 21.3. The smallest absolute Gasteiger partial charge is 0.327 e. The van der Waals surface area contributed by atoms with Crippen molar-refractivity contribution in [1.29, 1.82) is 0 Å². The molecule has 0 fully saturated rings. The van der Waals surface area contributed by atoms with Gasteiger partial charge in [0.1, 0.15) is 6.04 Å². The molecule has 2 N–H and O–H groups in total. The van der Waals surface area contributed by atoms with E-state index in [0.717, 1.165) is 21.6 Å².